The number of halogens is 6. The monoisotopic (exact) mass is 316 g/mol. The van der Waals surface area contributed by atoms with Gasteiger partial charge in [0.25, 0.3) is 0 Å². The molecular formula is C12H14F6N2O. The molecule has 1 aliphatic rings. The molecule has 1 fully saturated rings. The predicted octanol–water partition coefficient (Wildman–Crippen LogP) is 3.32. The van der Waals surface area contributed by atoms with Gasteiger partial charge in [-0.05, 0) is 18.8 Å². The van der Waals surface area contributed by atoms with Crippen LogP contribution in [0, 0.1) is 23.2 Å². The standard InChI is InChI=1S/C12H14F6N2O/c13-11(14,15)9(12(16,17)18)10(21)20-8(6-19)7-4-2-1-3-5-7/h7-9H,1-5H2,(H,20,21). The van der Waals surface area contributed by atoms with E-state index in [1.54, 1.807) is 11.4 Å². The zero-order valence-electron chi connectivity index (χ0n) is 10.9. The molecule has 1 amide bonds. The summed E-state index contributed by atoms with van der Waals surface area (Å²) in [7, 11) is 0. The first-order chi connectivity index (χ1) is 9.57. The second-order valence-corrected chi connectivity index (χ2v) is 5.03. The largest absolute Gasteiger partial charge is 0.409 e. The van der Waals surface area contributed by atoms with E-state index in [4.69, 9.17) is 5.26 Å². The summed E-state index contributed by atoms with van der Waals surface area (Å²) in [5.41, 5.74) is 0. The van der Waals surface area contributed by atoms with Crippen LogP contribution in [-0.4, -0.2) is 24.3 Å². The van der Waals surface area contributed by atoms with Crippen LogP contribution in [0.25, 0.3) is 0 Å². The molecule has 1 atom stereocenters. The summed E-state index contributed by atoms with van der Waals surface area (Å²) in [6, 6.07) is 0.265. The lowest BCUT2D eigenvalue weighted by atomic mass is 9.84. The number of carbonyl (C=O) groups is 1. The molecule has 0 heterocycles. The maximum atomic E-state index is 12.4. The normalized spacial score (nSPS) is 19.1. The first kappa shape index (κ1) is 17.6. The molecule has 0 bridgehead atoms. The van der Waals surface area contributed by atoms with Crippen molar-refractivity contribution < 1.29 is 31.1 Å². The molecule has 0 saturated heterocycles. The van der Waals surface area contributed by atoms with Gasteiger partial charge in [0.1, 0.15) is 6.04 Å². The van der Waals surface area contributed by atoms with E-state index in [9.17, 15) is 31.1 Å². The summed E-state index contributed by atoms with van der Waals surface area (Å²) < 4.78 is 74.4. The minimum Gasteiger partial charge on any atom is -0.339 e. The zero-order valence-corrected chi connectivity index (χ0v) is 10.9. The third-order valence-electron chi connectivity index (χ3n) is 3.47. The average molecular weight is 316 g/mol. The summed E-state index contributed by atoms with van der Waals surface area (Å²) in [6.45, 7) is 0. The van der Waals surface area contributed by atoms with Crippen LogP contribution in [-0.2, 0) is 4.79 Å². The Kier molecular flexibility index (Phi) is 5.48. The smallest absolute Gasteiger partial charge is 0.339 e. The molecule has 0 spiro atoms. The molecule has 21 heavy (non-hydrogen) atoms. The van der Waals surface area contributed by atoms with Crippen LogP contribution in [0.5, 0.6) is 0 Å². The lowest BCUT2D eigenvalue weighted by Crippen LogP contribution is -2.51. The number of rotatable bonds is 3. The van der Waals surface area contributed by atoms with E-state index in [0.717, 1.165) is 19.3 Å². The molecule has 0 aromatic carbocycles. The first-order valence-corrected chi connectivity index (χ1v) is 6.40. The fraction of sp³-hybridized carbons (Fsp3) is 0.833. The maximum absolute atomic E-state index is 12.4. The van der Waals surface area contributed by atoms with E-state index in [1.165, 1.54) is 0 Å². The van der Waals surface area contributed by atoms with Crippen LogP contribution in [0.15, 0.2) is 0 Å². The highest BCUT2D eigenvalue weighted by Crippen LogP contribution is 2.39. The third kappa shape index (κ3) is 4.79. The van der Waals surface area contributed by atoms with Crippen molar-refractivity contribution in [3.63, 3.8) is 0 Å². The molecule has 0 radical (unpaired) electrons. The fourth-order valence-corrected chi connectivity index (χ4v) is 2.44. The van der Waals surface area contributed by atoms with E-state index in [-0.39, 0.29) is 0 Å². The van der Waals surface area contributed by atoms with E-state index in [1.807, 2.05) is 0 Å². The van der Waals surface area contributed by atoms with Gasteiger partial charge >= 0.3 is 12.4 Å². The van der Waals surface area contributed by atoms with Gasteiger partial charge in [0, 0.05) is 0 Å². The van der Waals surface area contributed by atoms with Crippen molar-refractivity contribution in [2.45, 2.75) is 50.5 Å². The number of alkyl halides is 6. The SMILES string of the molecule is N#CC(NC(=O)C(C(F)(F)F)C(F)(F)F)C1CCCCC1. The number of nitrogens with one attached hydrogen (secondary N) is 1. The molecule has 3 nitrogen and oxygen atoms in total. The van der Waals surface area contributed by atoms with Crippen molar-refractivity contribution in [1.82, 2.24) is 5.32 Å². The molecular weight excluding hydrogens is 302 g/mol. The van der Waals surface area contributed by atoms with Crippen LogP contribution >= 0.6 is 0 Å². The van der Waals surface area contributed by atoms with Crippen molar-refractivity contribution in [3.05, 3.63) is 0 Å². The van der Waals surface area contributed by atoms with E-state index >= 15 is 0 Å². The molecule has 9 heteroatoms. The molecule has 0 aromatic heterocycles. The van der Waals surface area contributed by atoms with E-state index < -0.39 is 36.1 Å². The van der Waals surface area contributed by atoms with Crippen molar-refractivity contribution in [2.75, 3.05) is 0 Å². The molecule has 120 valence electrons. The lowest BCUT2D eigenvalue weighted by Gasteiger charge is -2.28. The Hall–Kier alpha value is -1.46. The number of hydrogen-bond acceptors (Lipinski definition) is 2. The highest BCUT2D eigenvalue weighted by Gasteiger charge is 2.61. The molecule has 0 aromatic rings. The minimum atomic E-state index is -5.74. The molecule has 1 saturated carbocycles. The van der Waals surface area contributed by atoms with Crippen LogP contribution in [0.3, 0.4) is 0 Å². The van der Waals surface area contributed by atoms with Crippen molar-refractivity contribution in [1.29, 1.82) is 5.26 Å². The highest BCUT2D eigenvalue weighted by atomic mass is 19.4. The first-order valence-electron chi connectivity index (χ1n) is 6.40. The van der Waals surface area contributed by atoms with Crippen molar-refractivity contribution in [2.24, 2.45) is 11.8 Å². The van der Waals surface area contributed by atoms with Crippen LogP contribution in [0.2, 0.25) is 0 Å². The maximum Gasteiger partial charge on any atom is 0.409 e. The Balaban J connectivity index is 2.82. The van der Waals surface area contributed by atoms with Crippen LogP contribution < -0.4 is 5.32 Å². The fourth-order valence-electron chi connectivity index (χ4n) is 2.44. The van der Waals surface area contributed by atoms with Gasteiger partial charge in [0.05, 0.1) is 6.07 Å². The van der Waals surface area contributed by atoms with E-state index in [2.05, 4.69) is 0 Å². The Morgan fingerprint density at radius 2 is 1.52 bits per heavy atom. The Morgan fingerprint density at radius 3 is 1.90 bits per heavy atom. The molecule has 0 aliphatic heterocycles. The number of nitriles is 1. The number of carbonyl (C=O) groups excluding carboxylic acids is 1. The van der Waals surface area contributed by atoms with Gasteiger partial charge in [0.15, 0.2) is 0 Å². The summed E-state index contributed by atoms with van der Waals surface area (Å²) in [5, 5.41) is 10.5. The Morgan fingerprint density at radius 1 is 1.05 bits per heavy atom. The van der Waals surface area contributed by atoms with E-state index in [0.29, 0.717) is 12.8 Å². The highest BCUT2D eigenvalue weighted by molar-refractivity contribution is 5.80. The topological polar surface area (TPSA) is 52.9 Å². The summed E-state index contributed by atoms with van der Waals surface area (Å²) in [6.07, 6.45) is -8.11. The summed E-state index contributed by atoms with van der Waals surface area (Å²) in [5.74, 6) is -6.73. The van der Waals surface area contributed by atoms with Gasteiger partial charge in [0.2, 0.25) is 11.8 Å². The molecule has 1 aliphatic carbocycles. The minimum absolute atomic E-state index is 0.408. The predicted molar refractivity (Wildman–Crippen MR) is 59.7 cm³/mol. The van der Waals surface area contributed by atoms with Gasteiger partial charge in [-0.3, -0.25) is 4.79 Å². The second kappa shape index (κ2) is 6.54. The summed E-state index contributed by atoms with van der Waals surface area (Å²) >= 11 is 0. The van der Waals surface area contributed by atoms with Crippen molar-refractivity contribution >= 4 is 5.91 Å². The average Bonchev–Trinajstić information content (AvgIpc) is 2.33. The van der Waals surface area contributed by atoms with Gasteiger partial charge in [-0.1, -0.05) is 19.3 Å². The van der Waals surface area contributed by atoms with Gasteiger partial charge in [-0.15, -0.1) is 0 Å². The third-order valence-corrected chi connectivity index (χ3v) is 3.47. The van der Waals surface area contributed by atoms with Gasteiger partial charge in [-0.2, -0.15) is 31.6 Å². The zero-order chi connectivity index (χ0) is 16.3. The molecule has 1 unspecified atom stereocenters. The summed E-state index contributed by atoms with van der Waals surface area (Å²) in [4.78, 5) is 11.3. The Bertz CT molecular complexity index is 391. The number of amides is 1. The van der Waals surface area contributed by atoms with Crippen LogP contribution in [0.4, 0.5) is 26.3 Å². The Labute approximate surface area is 117 Å². The number of hydrogen-bond donors (Lipinski definition) is 1. The second-order valence-electron chi connectivity index (χ2n) is 5.03. The van der Waals surface area contributed by atoms with Crippen molar-refractivity contribution in [3.8, 4) is 6.07 Å². The lowest BCUT2D eigenvalue weighted by molar-refractivity contribution is -0.274. The quantitative estimate of drug-likeness (QED) is 0.812. The van der Waals surface area contributed by atoms with Gasteiger partial charge in [-0.25, -0.2) is 0 Å². The molecule has 1 N–H and O–H groups in total. The number of nitrogens with zero attached hydrogens (tertiary/aromatic N) is 1. The van der Waals surface area contributed by atoms with Crippen LogP contribution in [0.1, 0.15) is 32.1 Å². The van der Waals surface area contributed by atoms with Gasteiger partial charge < -0.3 is 5.32 Å². The molecule has 1 rings (SSSR count).